The summed E-state index contributed by atoms with van der Waals surface area (Å²) in [5, 5.41) is -0.390. The van der Waals surface area contributed by atoms with Crippen LogP contribution < -0.4 is 0 Å². The predicted molar refractivity (Wildman–Crippen MR) is 52.9 cm³/mol. The zero-order valence-corrected chi connectivity index (χ0v) is 8.35. The van der Waals surface area contributed by atoms with Crippen molar-refractivity contribution in [2.24, 2.45) is 0 Å². The van der Waals surface area contributed by atoms with Crippen molar-refractivity contribution >= 4 is 16.8 Å². The number of carbonyl (C=O) groups is 1. The van der Waals surface area contributed by atoms with Crippen LogP contribution in [0.1, 0.15) is 29.9 Å². The molecule has 0 bridgehead atoms. The lowest BCUT2D eigenvalue weighted by Crippen LogP contribution is -1.99. The number of halogens is 2. The van der Waals surface area contributed by atoms with E-state index < -0.39 is 5.24 Å². The van der Waals surface area contributed by atoms with Crippen LogP contribution in [0.5, 0.6) is 0 Å². The molecular formula is C11H10ClFO. The molecule has 0 spiro atoms. The third kappa shape index (κ3) is 2.13. The molecule has 0 amide bonds. The molecule has 1 aliphatic carbocycles. The molecule has 0 saturated heterocycles. The Balaban J connectivity index is 2.32. The zero-order chi connectivity index (χ0) is 10.1. The Morgan fingerprint density at radius 3 is 2.79 bits per heavy atom. The van der Waals surface area contributed by atoms with Gasteiger partial charge in [-0.15, -0.1) is 0 Å². The highest BCUT2D eigenvalue weighted by Gasteiger charge is 2.26. The maximum Gasteiger partial charge on any atom is 0.226 e. The van der Waals surface area contributed by atoms with Gasteiger partial charge in [-0.05, 0) is 53.6 Å². The van der Waals surface area contributed by atoms with Gasteiger partial charge in [-0.2, -0.15) is 0 Å². The molecule has 0 unspecified atom stereocenters. The molecule has 1 aromatic carbocycles. The summed E-state index contributed by atoms with van der Waals surface area (Å²) in [4.78, 5) is 10.8. The van der Waals surface area contributed by atoms with Crippen LogP contribution in [0.4, 0.5) is 4.39 Å². The van der Waals surface area contributed by atoms with E-state index in [1.54, 1.807) is 6.07 Å². The molecule has 0 aliphatic heterocycles. The van der Waals surface area contributed by atoms with Gasteiger partial charge in [-0.1, -0.05) is 6.07 Å². The summed E-state index contributed by atoms with van der Waals surface area (Å²) < 4.78 is 13.0. The Morgan fingerprint density at radius 2 is 2.21 bits per heavy atom. The van der Waals surface area contributed by atoms with Crippen molar-refractivity contribution in [1.82, 2.24) is 0 Å². The van der Waals surface area contributed by atoms with Crippen molar-refractivity contribution < 1.29 is 9.18 Å². The molecule has 1 aliphatic rings. The van der Waals surface area contributed by atoms with E-state index in [0.29, 0.717) is 5.92 Å². The van der Waals surface area contributed by atoms with E-state index in [9.17, 15) is 9.18 Å². The Labute approximate surface area is 86.9 Å². The van der Waals surface area contributed by atoms with Crippen LogP contribution in [0.2, 0.25) is 0 Å². The Morgan fingerprint density at radius 1 is 1.50 bits per heavy atom. The normalized spacial score (nSPS) is 15.6. The summed E-state index contributed by atoms with van der Waals surface area (Å²) in [5.41, 5.74) is 1.83. The molecule has 1 aromatic rings. The molecule has 0 aromatic heterocycles. The summed E-state index contributed by atoms with van der Waals surface area (Å²) in [6.07, 6.45) is 2.38. The number of hydrogen-bond donors (Lipinski definition) is 0. The molecule has 0 heterocycles. The number of benzene rings is 1. The van der Waals surface area contributed by atoms with E-state index in [4.69, 9.17) is 11.6 Å². The Bertz CT molecular complexity index is 372. The topological polar surface area (TPSA) is 17.1 Å². The first-order valence-electron chi connectivity index (χ1n) is 4.63. The highest BCUT2D eigenvalue weighted by molar-refractivity contribution is 6.63. The second kappa shape index (κ2) is 3.70. The first-order chi connectivity index (χ1) is 6.66. The summed E-state index contributed by atoms with van der Waals surface area (Å²) in [6, 6.07) is 4.55. The van der Waals surface area contributed by atoms with Gasteiger partial charge in [-0.3, -0.25) is 4.79 Å². The van der Waals surface area contributed by atoms with Crippen molar-refractivity contribution in [3.63, 3.8) is 0 Å². The minimum absolute atomic E-state index is 0.202. The van der Waals surface area contributed by atoms with Crippen LogP contribution in [0, 0.1) is 5.82 Å². The van der Waals surface area contributed by atoms with E-state index in [0.717, 1.165) is 24.0 Å². The minimum atomic E-state index is -0.390. The van der Waals surface area contributed by atoms with Gasteiger partial charge in [0.1, 0.15) is 5.82 Å². The lowest BCUT2D eigenvalue weighted by atomic mass is 10.0. The maximum atomic E-state index is 13.0. The molecule has 0 N–H and O–H groups in total. The first kappa shape index (κ1) is 9.66. The van der Waals surface area contributed by atoms with Gasteiger partial charge < -0.3 is 0 Å². The van der Waals surface area contributed by atoms with Crippen LogP contribution in [-0.2, 0) is 11.2 Å². The summed E-state index contributed by atoms with van der Waals surface area (Å²) >= 11 is 5.32. The van der Waals surface area contributed by atoms with Gasteiger partial charge in [0.2, 0.25) is 5.24 Å². The number of rotatable bonds is 3. The average molecular weight is 213 g/mol. The summed E-state index contributed by atoms with van der Waals surface area (Å²) in [6.45, 7) is 0. The first-order valence-corrected chi connectivity index (χ1v) is 5.01. The molecule has 14 heavy (non-hydrogen) atoms. The fourth-order valence-electron chi connectivity index (χ4n) is 1.65. The molecule has 0 radical (unpaired) electrons. The Kier molecular flexibility index (Phi) is 2.55. The van der Waals surface area contributed by atoms with Gasteiger partial charge in [0.25, 0.3) is 0 Å². The smallest absolute Gasteiger partial charge is 0.226 e. The fraction of sp³-hybridized carbons (Fsp3) is 0.364. The molecule has 1 nitrogen and oxygen atoms in total. The van der Waals surface area contributed by atoms with Crippen LogP contribution in [0.3, 0.4) is 0 Å². The van der Waals surface area contributed by atoms with Gasteiger partial charge in [-0.25, -0.2) is 4.39 Å². The highest BCUT2D eigenvalue weighted by Crippen LogP contribution is 2.42. The maximum absolute atomic E-state index is 13.0. The van der Waals surface area contributed by atoms with Crippen LogP contribution in [0.25, 0.3) is 0 Å². The van der Waals surface area contributed by atoms with Crippen molar-refractivity contribution in [1.29, 1.82) is 0 Å². The number of carbonyl (C=O) groups excluding carboxylic acids is 1. The standard InChI is InChI=1S/C11H10ClFO/c12-11(14)5-8-3-4-9(13)6-10(8)7-1-2-7/h3-4,6-7H,1-2,5H2. The molecule has 2 rings (SSSR count). The van der Waals surface area contributed by atoms with Crippen LogP contribution in [-0.4, -0.2) is 5.24 Å². The van der Waals surface area contributed by atoms with E-state index in [2.05, 4.69) is 0 Å². The molecule has 74 valence electrons. The third-order valence-electron chi connectivity index (χ3n) is 2.45. The predicted octanol–water partition coefficient (Wildman–Crippen LogP) is 3.01. The average Bonchev–Trinajstić information content (AvgIpc) is 2.90. The van der Waals surface area contributed by atoms with E-state index in [1.807, 2.05) is 0 Å². The molecule has 0 atom stereocenters. The minimum Gasteiger partial charge on any atom is -0.281 e. The molecular weight excluding hydrogens is 203 g/mol. The van der Waals surface area contributed by atoms with Gasteiger partial charge in [0.05, 0.1) is 0 Å². The lowest BCUT2D eigenvalue weighted by molar-refractivity contribution is -0.111. The van der Waals surface area contributed by atoms with Gasteiger partial charge in [0.15, 0.2) is 0 Å². The monoisotopic (exact) mass is 212 g/mol. The van der Waals surface area contributed by atoms with E-state index in [-0.39, 0.29) is 12.2 Å². The quantitative estimate of drug-likeness (QED) is 0.704. The molecule has 1 fully saturated rings. The fourth-order valence-corrected chi connectivity index (χ4v) is 1.79. The largest absolute Gasteiger partial charge is 0.281 e. The van der Waals surface area contributed by atoms with Gasteiger partial charge >= 0.3 is 0 Å². The van der Waals surface area contributed by atoms with Crippen molar-refractivity contribution in [2.45, 2.75) is 25.2 Å². The SMILES string of the molecule is O=C(Cl)Cc1ccc(F)cc1C1CC1. The van der Waals surface area contributed by atoms with Crippen molar-refractivity contribution in [2.75, 3.05) is 0 Å². The van der Waals surface area contributed by atoms with E-state index >= 15 is 0 Å². The second-order valence-electron chi connectivity index (χ2n) is 3.65. The molecule has 1 saturated carbocycles. The Hall–Kier alpha value is -0.890. The third-order valence-corrected chi connectivity index (χ3v) is 2.59. The number of hydrogen-bond acceptors (Lipinski definition) is 1. The highest BCUT2D eigenvalue weighted by atomic mass is 35.5. The lowest BCUT2D eigenvalue weighted by Gasteiger charge is -2.06. The van der Waals surface area contributed by atoms with Crippen LogP contribution in [0.15, 0.2) is 18.2 Å². The van der Waals surface area contributed by atoms with Crippen molar-refractivity contribution in [3.05, 3.63) is 35.1 Å². The summed E-state index contributed by atoms with van der Waals surface area (Å²) in [7, 11) is 0. The van der Waals surface area contributed by atoms with E-state index in [1.165, 1.54) is 12.1 Å². The summed E-state index contributed by atoms with van der Waals surface area (Å²) in [5.74, 6) is 0.203. The second-order valence-corrected chi connectivity index (χ2v) is 4.07. The van der Waals surface area contributed by atoms with Gasteiger partial charge in [0, 0.05) is 6.42 Å². The zero-order valence-electron chi connectivity index (χ0n) is 7.59. The molecule has 3 heteroatoms. The van der Waals surface area contributed by atoms with Crippen molar-refractivity contribution in [3.8, 4) is 0 Å². The van der Waals surface area contributed by atoms with Crippen LogP contribution >= 0.6 is 11.6 Å².